The molecular formula is C22H24N2O4. The van der Waals surface area contributed by atoms with E-state index in [0.29, 0.717) is 43.6 Å². The molecule has 2 aromatic rings. The lowest BCUT2D eigenvalue weighted by molar-refractivity contribution is -0.133. The Morgan fingerprint density at radius 2 is 1.75 bits per heavy atom. The first-order chi connectivity index (χ1) is 13.6. The fourth-order valence-corrected chi connectivity index (χ4v) is 3.36. The van der Waals surface area contributed by atoms with E-state index in [-0.39, 0.29) is 17.7 Å². The average Bonchev–Trinajstić information content (AvgIpc) is 2.74. The number of piperidine rings is 1. The van der Waals surface area contributed by atoms with Crippen molar-refractivity contribution in [2.45, 2.75) is 19.3 Å². The summed E-state index contributed by atoms with van der Waals surface area (Å²) in [5, 5.41) is 2.86. The summed E-state index contributed by atoms with van der Waals surface area (Å²) in [4.78, 5) is 38.4. The smallest absolute Gasteiger partial charge is 0.337 e. The molecule has 1 N–H and O–H groups in total. The fourth-order valence-electron chi connectivity index (χ4n) is 3.36. The Kier molecular flexibility index (Phi) is 6.42. The minimum absolute atomic E-state index is 0.0859. The largest absolute Gasteiger partial charge is 0.465 e. The van der Waals surface area contributed by atoms with Crippen LogP contribution in [0.4, 0.5) is 5.69 Å². The molecule has 2 aromatic carbocycles. The van der Waals surface area contributed by atoms with E-state index in [1.807, 2.05) is 35.2 Å². The molecule has 28 heavy (non-hydrogen) atoms. The van der Waals surface area contributed by atoms with E-state index in [9.17, 15) is 14.4 Å². The number of rotatable bonds is 5. The number of nitrogens with one attached hydrogen (secondary N) is 1. The van der Waals surface area contributed by atoms with Crippen molar-refractivity contribution in [3.05, 3.63) is 65.7 Å². The third kappa shape index (κ3) is 4.97. The summed E-state index contributed by atoms with van der Waals surface area (Å²) in [5.41, 5.74) is 1.95. The van der Waals surface area contributed by atoms with E-state index >= 15 is 0 Å². The first-order valence-electron chi connectivity index (χ1n) is 9.38. The molecule has 0 aromatic heterocycles. The van der Waals surface area contributed by atoms with Crippen LogP contribution in [-0.2, 0) is 20.7 Å². The highest BCUT2D eigenvalue weighted by Crippen LogP contribution is 2.21. The van der Waals surface area contributed by atoms with Crippen LogP contribution in [0.1, 0.15) is 28.8 Å². The Hall–Kier alpha value is -3.15. The highest BCUT2D eigenvalue weighted by molar-refractivity contribution is 5.95. The zero-order chi connectivity index (χ0) is 19.9. The van der Waals surface area contributed by atoms with Gasteiger partial charge in [0.2, 0.25) is 11.8 Å². The molecule has 0 spiro atoms. The van der Waals surface area contributed by atoms with E-state index in [0.717, 1.165) is 5.56 Å². The van der Waals surface area contributed by atoms with Crippen LogP contribution in [0.25, 0.3) is 0 Å². The normalized spacial score (nSPS) is 14.4. The molecule has 2 amide bonds. The maximum absolute atomic E-state index is 12.6. The van der Waals surface area contributed by atoms with Crippen molar-refractivity contribution < 1.29 is 19.1 Å². The monoisotopic (exact) mass is 380 g/mol. The summed E-state index contributed by atoms with van der Waals surface area (Å²) in [7, 11) is 1.32. The zero-order valence-electron chi connectivity index (χ0n) is 15.9. The molecule has 1 fully saturated rings. The van der Waals surface area contributed by atoms with E-state index in [1.54, 1.807) is 24.3 Å². The number of anilines is 1. The lowest BCUT2D eigenvalue weighted by atomic mass is 9.95. The molecule has 1 heterocycles. The Morgan fingerprint density at radius 3 is 2.43 bits per heavy atom. The summed E-state index contributed by atoms with van der Waals surface area (Å²) in [5.74, 6) is -0.586. The van der Waals surface area contributed by atoms with Gasteiger partial charge in [-0.25, -0.2) is 4.79 Å². The van der Waals surface area contributed by atoms with Crippen molar-refractivity contribution >= 4 is 23.5 Å². The maximum Gasteiger partial charge on any atom is 0.337 e. The first kappa shape index (κ1) is 19.6. The second kappa shape index (κ2) is 9.17. The predicted molar refractivity (Wildman–Crippen MR) is 106 cm³/mol. The third-order valence-electron chi connectivity index (χ3n) is 4.97. The molecule has 3 rings (SSSR count). The molecule has 0 saturated carbocycles. The Bertz CT molecular complexity index is 843. The van der Waals surface area contributed by atoms with E-state index in [4.69, 9.17) is 4.74 Å². The van der Waals surface area contributed by atoms with Crippen LogP contribution < -0.4 is 5.32 Å². The van der Waals surface area contributed by atoms with Gasteiger partial charge in [0.25, 0.3) is 0 Å². The topological polar surface area (TPSA) is 75.7 Å². The standard InChI is InChI=1S/C22H24N2O4/c1-28-22(27)18-8-5-9-19(15-18)23-21(26)17-10-12-24(13-11-17)20(25)14-16-6-3-2-4-7-16/h2-9,15,17H,10-14H2,1H3,(H,23,26). The van der Waals surface area contributed by atoms with Gasteiger partial charge in [-0.2, -0.15) is 0 Å². The van der Waals surface area contributed by atoms with Crippen molar-refractivity contribution in [1.82, 2.24) is 4.90 Å². The van der Waals surface area contributed by atoms with E-state index < -0.39 is 5.97 Å². The Morgan fingerprint density at radius 1 is 1.04 bits per heavy atom. The number of likely N-dealkylation sites (tertiary alicyclic amines) is 1. The van der Waals surface area contributed by atoms with E-state index in [2.05, 4.69) is 5.32 Å². The summed E-state index contributed by atoms with van der Waals surface area (Å²) in [6.45, 7) is 1.15. The van der Waals surface area contributed by atoms with Crippen LogP contribution in [-0.4, -0.2) is 42.9 Å². The lowest BCUT2D eigenvalue weighted by Crippen LogP contribution is -2.42. The number of hydrogen-bond donors (Lipinski definition) is 1. The van der Waals surface area contributed by atoms with Gasteiger partial charge in [-0.3, -0.25) is 9.59 Å². The van der Waals surface area contributed by atoms with Crippen LogP contribution in [0.3, 0.4) is 0 Å². The van der Waals surface area contributed by atoms with Crippen molar-refractivity contribution in [3.63, 3.8) is 0 Å². The predicted octanol–water partition coefficient (Wildman–Crippen LogP) is 2.89. The number of carbonyl (C=O) groups is 3. The number of benzene rings is 2. The SMILES string of the molecule is COC(=O)c1cccc(NC(=O)C2CCN(C(=O)Cc3ccccc3)CC2)c1. The molecule has 0 atom stereocenters. The van der Waals surface area contributed by atoms with Gasteiger partial charge in [-0.15, -0.1) is 0 Å². The van der Waals surface area contributed by atoms with Gasteiger partial charge in [-0.05, 0) is 36.6 Å². The number of esters is 1. The number of amides is 2. The molecule has 1 aliphatic rings. The minimum Gasteiger partial charge on any atom is -0.465 e. The van der Waals surface area contributed by atoms with Gasteiger partial charge in [0.1, 0.15) is 0 Å². The van der Waals surface area contributed by atoms with Crippen LogP contribution in [0.2, 0.25) is 0 Å². The third-order valence-corrected chi connectivity index (χ3v) is 4.97. The van der Waals surface area contributed by atoms with Crippen molar-refractivity contribution in [1.29, 1.82) is 0 Å². The molecule has 0 unspecified atom stereocenters. The van der Waals surface area contributed by atoms with Crippen LogP contribution >= 0.6 is 0 Å². The van der Waals surface area contributed by atoms with Gasteiger partial charge in [-0.1, -0.05) is 36.4 Å². The number of hydrogen-bond acceptors (Lipinski definition) is 4. The summed E-state index contributed by atoms with van der Waals surface area (Å²) in [6.07, 6.45) is 1.64. The number of nitrogens with zero attached hydrogens (tertiary/aromatic N) is 1. The van der Waals surface area contributed by atoms with Gasteiger partial charge >= 0.3 is 5.97 Å². The number of ether oxygens (including phenoxy) is 1. The summed E-state index contributed by atoms with van der Waals surface area (Å²) >= 11 is 0. The number of methoxy groups -OCH3 is 1. The lowest BCUT2D eigenvalue weighted by Gasteiger charge is -2.31. The zero-order valence-corrected chi connectivity index (χ0v) is 15.9. The second-order valence-corrected chi connectivity index (χ2v) is 6.88. The molecule has 146 valence electrons. The Labute approximate surface area is 164 Å². The minimum atomic E-state index is -0.443. The van der Waals surface area contributed by atoms with E-state index in [1.165, 1.54) is 7.11 Å². The maximum atomic E-state index is 12.6. The number of carbonyl (C=O) groups excluding carboxylic acids is 3. The first-order valence-corrected chi connectivity index (χ1v) is 9.38. The fraction of sp³-hybridized carbons (Fsp3) is 0.318. The van der Waals surface area contributed by atoms with Crippen molar-refractivity contribution in [2.24, 2.45) is 5.92 Å². The van der Waals surface area contributed by atoms with Gasteiger partial charge in [0.05, 0.1) is 19.1 Å². The van der Waals surface area contributed by atoms with Gasteiger partial charge in [0, 0.05) is 24.7 Å². The molecule has 6 nitrogen and oxygen atoms in total. The second-order valence-electron chi connectivity index (χ2n) is 6.88. The molecule has 1 aliphatic heterocycles. The van der Waals surface area contributed by atoms with Crippen molar-refractivity contribution in [2.75, 3.05) is 25.5 Å². The highest BCUT2D eigenvalue weighted by Gasteiger charge is 2.27. The summed E-state index contributed by atoms with van der Waals surface area (Å²) < 4.78 is 4.70. The van der Waals surface area contributed by atoms with Gasteiger partial charge < -0.3 is 15.0 Å². The molecule has 0 aliphatic carbocycles. The summed E-state index contributed by atoms with van der Waals surface area (Å²) in [6, 6.07) is 16.3. The highest BCUT2D eigenvalue weighted by atomic mass is 16.5. The molecule has 6 heteroatoms. The average molecular weight is 380 g/mol. The quantitative estimate of drug-likeness (QED) is 0.810. The molecule has 0 bridgehead atoms. The van der Waals surface area contributed by atoms with Crippen LogP contribution in [0.5, 0.6) is 0 Å². The van der Waals surface area contributed by atoms with Crippen LogP contribution in [0, 0.1) is 5.92 Å². The van der Waals surface area contributed by atoms with Crippen molar-refractivity contribution in [3.8, 4) is 0 Å². The molecule has 1 saturated heterocycles. The Balaban J connectivity index is 1.51. The van der Waals surface area contributed by atoms with Gasteiger partial charge in [0.15, 0.2) is 0 Å². The molecular weight excluding hydrogens is 356 g/mol. The van der Waals surface area contributed by atoms with Crippen LogP contribution in [0.15, 0.2) is 54.6 Å². The molecule has 0 radical (unpaired) electrons.